The Balaban J connectivity index is 1.10. The van der Waals surface area contributed by atoms with E-state index in [0.717, 1.165) is 74.8 Å². The van der Waals surface area contributed by atoms with Crippen molar-refractivity contribution in [1.29, 1.82) is 0 Å². The lowest BCUT2D eigenvalue weighted by molar-refractivity contribution is 0.0115. The summed E-state index contributed by atoms with van der Waals surface area (Å²) in [5, 5.41) is 4.37. The summed E-state index contributed by atoms with van der Waals surface area (Å²) in [5.41, 5.74) is 4.17. The zero-order chi connectivity index (χ0) is 28.7. The molecule has 7 rings (SSSR count). The first-order chi connectivity index (χ1) is 20.4. The van der Waals surface area contributed by atoms with Gasteiger partial charge in [-0.2, -0.15) is 9.35 Å². The highest BCUT2D eigenvalue weighted by molar-refractivity contribution is 7.92. The number of hydrogen-bond acceptors (Lipinski definition) is 9. The Bertz CT molecular complexity index is 1690. The van der Waals surface area contributed by atoms with E-state index in [-0.39, 0.29) is 0 Å². The third kappa shape index (κ3) is 5.99. The molecule has 42 heavy (non-hydrogen) atoms. The number of pyridine rings is 1. The van der Waals surface area contributed by atoms with Crippen LogP contribution < -0.4 is 10.2 Å². The summed E-state index contributed by atoms with van der Waals surface area (Å²) in [6.45, 7) is 5.99. The Hall–Kier alpha value is -3.54. The molecule has 11 heteroatoms. The fourth-order valence-electron chi connectivity index (χ4n) is 6.12. The SMILES string of the molecule is CS(C)(=O)=Nc1cccc(-n2c(C3CC3)cc3cnc(Nc4ccc(N5CCC(N6CCOCC6)CC5)cc4)nc32)n1. The number of benzene rings is 1. The van der Waals surface area contributed by atoms with Gasteiger partial charge in [-0.25, -0.2) is 14.2 Å². The summed E-state index contributed by atoms with van der Waals surface area (Å²) < 4.78 is 24.3. The number of anilines is 3. The molecule has 5 heterocycles. The molecular formula is C31H38N8O2S. The Labute approximate surface area is 247 Å². The molecule has 0 amide bonds. The molecule has 3 fully saturated rings. The van der Waals surface area contributed by atoms with Crippen molar-refractivity contribution in [3.8, 4) is 5.82 Å². The van der Waals surface area contributed by atoms with Gasteiger partial charge >= 0.3 is 0 Å². The minimum Gasteiger partial charge on any atom is -0.379 e. The lowest BCUT2D eigenvalue weighted by Gasteiger charge is -2.40. The second-order valence-electron chi connectivity index (χ2n) is 11.8. The van der Waals surface area contributed by atoms with Crippen molar-refractivity contribution in [3.05, 3.63) is 60.4 Å². The molecule has 10 nitrogen and oxygen atoms in total. The van der Waals surface area contributed by atoms with Crippen molar-refractivity contribution in [3.63, 3.8) is 0 Å². The van der Waals surface area contributed by atoms with Crippen LogP contribution in [0.25, 0.3) is 16.9 Å². The first kappa shape index (κ1) is 27.3. The first-order valence-corrected chi connectivity index (χ1v) is 17.2. The van der Waals surface area contributed by atoms with Crippen LogP contribution in [0, 0.1) is 0 Å². The van der Waals surface area contributed by atoms with Gasteiger partial charge in [0.1, 0.15) is 5.82 Å². The number of nitrogens with one attached hydrogen (secondary N) is 1. The molecule has 0 spiro atoms. The van der Waals surface area contributed by atoms with Gasteiger partial charge in [-0.1, -0.05) is 6.07 Å². The number of piperidine rings is 1. The van der Waals surface area contributed by atoms with E-state index in [2.05, 4.69) is 59.4 Å². The minimum absolute atomic E-state index is 0.462. The van der Waals surface area contributed by atoms with Crippen LogP contribution in [-0.4, -0.2) is 86.6 Å². The van der Waals surface area contributed by atoms with Crippen LogP contribution in [-0.2, 0) is 14.5 Å². The number of fused-ring (bicyclic) bond motifs is 1. The highest BCUT2D eigenvalue weighted by atomic mass is 32.2. The van der Waals surface area contributed by atoms with Gasteiger partial charge in [-0.3, -0.25) is 9.47 Å². The van der Waals surface area contributed by atoms with E-state index in [0.29, 0.717) is 23.7 Å². The lowest BCUT2D eigenvalue weighted by Crippen LogP contribution is -2.49. The van der Waals surface area contributed by atoms with Crippen LogP contribution in [0.3, 0.4) is 0 Å². The van der Waals surface area contributed by atoms with Crippen molar-refractivity contribution in [2.75, 3.05) is 62.1 Å². The van der Waals surface area contributed by atoms with E-state index < -0.39 is 9.73 Å². The monoisotopic (exact) mass is 586 g/mol. The van der Waals surface area contributed by atoms with Crippen LogP contribution in [0.2, 0.25) is 0 Å². The fraction of sp³-hybridized carbons (Fsp3) is 0.452. The molecule has 1 N–H and O–H groups in total. The van der Waals surface area contributed by atoms with Gasteiger partial charge < -0.3 is 15.0 Å². The molecule has 4 aromatic rings. The van der Waals surface area contributed by atoms with Crippen molar-refractivity contribution in [1.82, 2.24) is 24.4 Å². The Morgan fingerprint density at radius 1 is 0.952 bits per heavy atom. The average molecular weight is 587 g/mol. The maximum atomic E-state index is 12.3. The van der Waals surface area contributed by atoms with Crippen LogP contribution in [0.1, 0.15) is 37.3 Å². The maximum absolute atomic E-state index is 12.3. The number of hydrogen-bond donors (Lipinski definition) is 1. The second-order valence-corrected chi connectivity index (χ2v) is 14.4. The topological polar surface area (TPSA) is 101 Å². The summed E-state index contributed by atoms with van der Waals surface area (Å²) in [4.78, 5) is 19.4. The zero-order valence-corrected chi connectivity index (χ0v) is 25.1. The summed E-state index contributed by atoms with van der Waals surface area (Å²) in [7, 11) is -2.32. The minimum atomic E-state index is -2.32. The summed E-state index contributed by atoms with van der Waals surface area (Å²) in [5.74, 6) is 2.20. The summed E-state index contributed by atoms with van der Waals surface area (Å²) in [6.07, 6.45) is 9.79. The normalized spacial score (nSPS) is 18.9. The number of morpholine rings is 1. The average Bonchev–Trinajstić information content (AvgIpc) is 3.77. The summed E-state index contributed by atoms with van der Waals surface area (Å²) >= 11 is 0. The molecule has 3 aromatic heterocycles. The zero-order valence-electron chi connectivity index (χ0n) is 24.3. The van der Waals surface area contributed by atoms with Crippen molar-refractivity contribution < 1.29 is 8.95 Å². The van der Waals surface area contributed by atoms with E-state index in [4.69, 9.17) is 14.7 Å². The van der Waals surface area contributed by atoms with Crippen LogP contribution >= 0.6 is 0 Å². The molecule has 2 aliphatic heterocycles. The highest BCUT2D eigenvalue weighted by Crippen LogP contribution is 2.43. The molecule has 220 valence electrons. The van der Waals surface area contributed by atoms with Gasteiger partial charge in [-0.05, 0) is 74.1 Å². The molecule has 1 saturated carbocycles. The van der Waals surface area contributed by atoms with Crippen LogP contribution in [0.4, 0.5) is 23.1 Å². The van der Waals surface area contributed by atoms with Crippen molar-refractivity contribution in [2.45, 2.75) is 37.6 Å². The van der Waals surface area contributed by atoms with Crippen LogP contribution in [0.5, 0.6) is 0 Å². The van der Waals surface area contributed by atoms with E-state index in [9.17, 15) is 4.21 Å². The maximum Gasteiger partial charge on any atom is 0.229 e. The smallest absolute Gasteiger partial charge is 0.229 e. The largest absolute Gasteiger partial charge is 0.379 e. The fourth-order valence-corrected chi connectivity index (χ4v) is 6.67. The van der Waals surface area contributed by atoms with Gasteiger partial charge in [-0.15, -0.1) is 0 Å². The van der Waals surface area contributed by atoms with Gasteiger partial charge in [0.15, 0.2) is 11.5 Å². The molecule has 0 radical (unpaired) electrons. The molecule has 3 aliphatic rings. The van der Waals surface area contributed by atoms with Gasteiger partial charge in [0.25, 0.3) is 0 Å². The standard InChI is InChI=1S/C31H38N8O2S/c1-42(2,40)36-28-4-3-5-29(34-28)39-27(22-6-7-22)20-23-21-32-31(35-30(23)39)33-24-8-10-25(11-9-24)37-14-12-26(13-15-37)38-16-18-41-19-17-38/h3-5,8-11,20-22,26H,6-7,12-19H2,1-2H3,(H,32,33,35). The predicted molar refractivity (Wildman–Crippen MR) is 168 cm³/mol. The quantitative estimate of drug-likeness (QED) is 0.319. The van der Waals surface area contributed by atoms with E-state index in [1.54, 1.807) is 18.6 Å². The Morgan fingerprint density at radius 2 is 1.71 bits per heavy atom. The molecule has 0 atom stereocenters. The molecular weight excluding hydrogens is 548 g/mol. The first-order valence-electron chi connectivity index (χ1n) is 14.9. The van der Waals surface area contributed by atoms with E-state index in [1.165, 1.54) is 24.2 Å². The lowest BCUT2D eigenvalue weighted by atomic mass is 10.0. The third-order valence-electron chi connectivity index (χ3n) is 8.34. The number of ether oxygens (including phenoxy) is 1. The van der Waals surface area contributed by atoms with E-state index in [1.807, 2.05) is 18.3 Å². The molecule has 1 aromatic carbocycles. The summed E-state index contributed by atoms with van der Waals surface area (Å²) in [6, 6.07) is 17.1. The highest BCUT2D eigenvalue weighted by Gasteiger charge is 2.30. The second kappa shape index (κ2) is 11.3. The van der Waals surface area contributed by atoms with Crippen molar-refractivity contribution in [2.24, 2.45) is 4.36 Å². The van der Waals surface area contributed by atoms with Crippen LogP contribution in [0.15, 0.2) is 59.1 Å². The van der Waals surface area contributed by atoms with Crippen molar-refractivity contribution >= 4 is 43.9 Å². The number of rotatable bonds is 7. The Morgan fingerprint density at radius 3 is 2.43 bits per heavy atom. The molecule has 2 saturated heterocycles. The van der Waals surface area contributed by atoms with Gasteiger partial charge in [0.05, 0.1) is 13.2 Å². The molecule has 1 aliphatic carbocycles. The Kier molecular flexibility index (Phi) is 7.33. The van der Waals surface area contributed by atoms with E-state index >= 15 is 0 Å². The predicted octanol–water partition coefficient (Wildman–Crippen LogP) is 5.10. The van der Waals surface area contributed by atoms with Gasteiger partial charge in [0.2, 0.25) is 5.95 Å². The van der Waals surface area contributed by atoms with Gasteiger partial charge in [0, 0.05) is 83.1 Å². The number of nitrogens with zero attached hydrogens (tertiary/aromatic N) is 7. The molecule has 0 unspecified atom stereocenters. The number of aromatic nitrogens is 4. The molecule has 0 bridgehead atoms. The third-order valence-corrected chi connectivity index (χ3v) is 8.97.